The third-order valence-corrected chi connectivity index (χ3v) is 4.43. The first kappa shape index (κ1) is 22.1. The van der Waals surface area contributed by atoms with Gasteiger partial charge in [-0.2, -0.15) is 4.98 Å². The van der Waals surface area contributed by atoms with Crippen molar-refractivity contribution in [1.29, 1.82) is 0 Å². The van der Waals surface area contributed by atoms with Gasteiger partial charge in [-0.1, -0.05) is 17.3 Å². The highest BCUT2D eigenvalue weighted by Gasteiger charge is 2.21. The van der Waals surface area contributed by atoms with E-state index in [2.05, 4.69) is 25.8 Å². The van der Waals surface area contributed by atoms with Crippen LogP contribution in [0.25, 0.3) is 0 Å². The van der Waals surface area contributed by atoms with E-state index in [4.69, 9.17) is 4.52 Å². The maximum atomic E-state index is 11.8. The summed E-state index contributed by atoms with van der Waals surface area (Å²) in [5, 5.41) is 10.3. The van der Waals surface area contributed by atoms with Gasteiger partial charge in [-0.3, -0.25) is 9.79 Å². The zero-order valence-corrected chi connectivity index (χ0v) is 18.6. The molecular weight excluding hydrogens is 471 g/mol. The molecule has 3 rings (SSSR count). The number of hydrogen-bond donors (Lipinski definition) is 2. The number of guanidine groups is 1. The summed E-state index contributed by atoms with van der Waals surface area (Å²) in [6.45, 7) is 4.05. The van der Waals surface area contributed by atoms with Crippen molar-refractivity contribution in [2.45, 2.75) is 39.2 Å². The van der Waals surface area contributed by atoms with E-state index in [1.165, 1.54) is 0 Å². The number of amides is 1. The number of hydrogen-bond acceptors (Lipinski definition) is 5. The van der Waals surface area contributed by atoms with Gasteiger partial charge in [0.05, 0.1) is 0 Å². The fourth-order valence-corrected chi connectivity index (χ4v) is 3.01. The molecule has 0 bridgehead atoms. The van der Waals surface area contributed by atoms with Crippen LogP contribution in [0.15, 0.2) is 33.8 Å². The highest BCUT2D eigenvalue weighted by molar-refractivity contribution is 14.0. The molecule has 152 valence electrons. The molecule has 28 heavy (non-hydrogen) atoms. The van der Waals surface area contributed by atoms with E-state index in [0.29, 0.717) is 24.7 Å². The minimum Gasteiger partial charge on any atom is -0.356 e. The summed E-state index contributed by atoms with van der Waals surface area (Å²) in [6, 6.07) is 8.09. The van der Waals surface area contributed by atoms with Gasteiger partial charge in [0.2, 0.25) is 11.8 Å². The predicted octanol–water partition coefficient (Wildman–Crippen LogP) is 2.42. The van der Waals surface area contributed by atoms with Crippen LogP contribution >= 0.6 is 24.0 Å². The van der Waals surface area contributed by atoms with E-state index in [0.717, 1.165) is 49.6 Å². The molecular formula is C19H27IN6O2. The van der Waals surface area contributed by atoms with Crippen LogP contribution in [0.1, 0.15) is 36.5 Å². The van der Waals surface area contributed by atoms with Crippen LogP contribution in [0.3, 0.4) is 0 Å². The monoisotopic (exact) mass is 498 g/mol. The molecule has 1 saturated heterocycles. The molecule has 1 fully saturated rings. The summed E-state index contributed by atoms with van der Waals surface area (Å²) in [7, 11) is 1.75. The van der Waals surface area contributed by atoms with Gasteiger partial charge in [0, 0.05) is 45.2 Å². The number of aryl methyl sites for hydroxylation is 2. The smallest absolute Gasteiger partial charge is 0.227 e. The fourth-order valence-electron chi connectivity index (χ4n) is 3.01. The van der Waals surface area contributed by atoms with Crippen LogP contribution in [0, 0.1) is 6.92 Å². The third-order valence-electron chi connectivity index (χ3n) is 4.43. The minimum atomic E-state index is 0. The third kappa shape index (κ3) is 6.18. The van der Waals surface area contributed by atoms with Crippen molar-refractivity contribution in [2.75, 3.05) is 25.0 Å². The molecule has 0 aliphatic carbocycles. The molecule has 8 nitrogen and oxygen atoms in total. The first-order valence-corrected chi connectivity index (χ1v) is 9.29. The summed E-state index contributed by atoms with van der Waals surface area (Å²) >= 11 is 0. The zero-order valence-electron chi connectivity index (χ0n) is 16.3. The molecule has 0 saturated carbocycles. The lowest BCUT2D eigenvalue weighted by atomic mass is 10.2. The molecule has 1 aliphatic rings. The average molecular weight is 498 g/mol. The number of carbonyl (C=O) groups excluding carboxylic acids is 1. The Morgan fingerprint density at radius 1 is 1.29 bits per heavy atom. The van der Waals surface area contributed by atoms with Gasteiger partial charge in [0.25, 0.3) is 0 Å². The number of aromatic nitrogens is 2. The number of benzene rings is 1. The standard InChI is InChI=1S/C19H26N6O2.HI/c1-14-23-17(27-24-14)5-3-11-21-19(20-2)22-13-15-7-9-16(10-8-15)25-12-4-6-18(25)26;/h7-10H,3-6,11-13H2,1-2H3,(H2,20,21,22);1H. The summed E-state index contributed by atoms with van der Waals surface area (Å²) in [5.41, 5.74) is 2.11. The van der Waals surface area contributed by atoms with Crippen molar-refractivity contribution >= 4 is 41.5 Å². The number of carbonyl (C=O) groups is 1. The molecule has 0 radical (unpaired) electrons. The highest BCUT2D eigenvalue weighted by Crippen LogP contribution is 2.21. The molecule has 2 aromatic rings. The van der Waals surface area contributed by atoms with E-state index in [1.54, 1.807) is 7.05 Å². The summed E-state index contributed by atoms with van der Waals surface area (Å²) in [4.78, 5) is 22.1. The van der Waals surface area contributed by atoms with Gasteiger partial charge in [0.15, 0.2) is 11.8 Å². The molecule has 1 amide bonds. The SMILES string of the molecule is CN=C(NCCCc1nc(C)no1)NCc1ccc(N2CCCC2=O)cc1.I. The lowest BCUT2D eigenvalue weighted by Crippen LogP contribution is -2.37. The van der Waals surface area contributed by atoms with E-state index in [-0.39, 0.29) is 29.9 Å². The topological polar surface area (TPSA) is 95.7 Å². The number of rotatable bonds is 7. The average Bonchev–Trinajstić information content (AvgIpc) is 3.29. The molecule has 9 heteroatoms. The Hall–Kier alpha value is -2.17. The van der Waals surface area contributed by atoms with Crippen LogP contribution in [-0.4, -0.2) is 42.1 Å². The predicted molar refractivity (Wildman–Crippen MR) is 119 cm³/mol. The van der Waals surface area contributed by atoms with Crippen LogP contribution in [0.4, 0.5) is 5.69 Å². The van der Waals surface area contributed by atoms with Crippen LogP contribution < -0.4 is 15.5 Å². The second kappa shape index (κ2) is 11.0. The van der Waals surface area contributed by atoms with Gasteiger partial charge in [-0.15, -0.1) is 24.0 Å². The first-order valence-electron chi connectivity index (χ1n) is 9.29. The van der Waals surface area contributed by atoms with E-state index < -0.39 is 0 Å². The Balaban J connectivity index is 0.00000280. The Kier molecular flexibility index (Phi) is 8.68. The number of nitrogens with one attached hydrogen (secondary N) is 2. The van der Waals surface area contributed by atoms with Crippen molar-refractivity contribution in [2.24, 2.45) is 4.99 Å². The van der Waals surface area contributed by atoms with Gasteiger partial charge in [-0.25, -0.2) is 0 Å². The zero-order chi connectivity index (χ0) is 19.1. The Morgan fingerprint density at radius 2 is 2.07 bits per heavy atom. The Morgan fingerprint density at radius 3 is 2.68 bits per heavy atom. The molecule has 0 spiro atoms. The number of halogens is 1. The second-order valence-corrected chi connectivity index (χ2v) is 6.51. The fraction of sp³-hybridized carbons (Fsp3) is 0.474. The molecule has 0 atom stereocenters. The van der Waals surface area contributed by atoms with E-state index in [1.807, 2.05) is 36.1 Å². The van der Waals surface area contributed by atoms with Crippen LogP contribution in [0.2, 0.25) is 0 Å². The first-order chi connectivity index (χ1) is 13.2. The molecule has 2 N–H and O–H groups in total. The Labute approximate surface area is 182 Å². The molecule has 0 unspecified atom stereocenters. The summed E-state index contributed by atoms with van der Waals surface area (Å²) in [5.74, 6) is 2.28. The maximum Gasteiger partial charge on any atom is 0.227 e. The molecule has 2 heterocycles. The molecule has 1 aromatic carbocycles. The van der Waals surface area contributed by atoms with Crippen molar-refractivity contribution in [3.8, 4) is 0 Å². The summed E-state index contributed by atoms with van der Waals surface area (Å²) < 4.78 is 5.10. The number of nitrogens with zero attached hydrogens (tertiary/aromatic N) is 4. The van der Waals surface area contributed by atoms with Crippen LogP contribution in [0.5, 0.6) is 0 Å². The molecule has 1 aliphatic heterocycles. The van der Waals surface area contributed by atoms with E-state index in [9.17, 15) is 4.79 Å². The van der Waals surface area contributed by atoms with E-state index >= 15 is 0 Å². The number of anilines is 1. The Bertz CT molecular complexity index is 790. The van der Waals surface area contributed by atoms with Crippen LogP contribution in [-0.2, 0) is 17.8 Å². The quantitative estimate of drug-likeness (QED) is 0.264. The maximum absolute atomic E-state index is 11.8. The minimum absolute atomic E-state index is 0. The highest BCUT2D eigenvalue weighted by atomic mass is 127. The van der Waals surface area contributed by atoms with Crippen molar-refractivity contribution in [3.05, 3.63) is 41.5 Å². The van der Waals surface area contributed by atoms with Crippen molar-refractivity contribution < 1.29 is 9.32 Å². The second-order valence-electron chi connectivity index (χ2n) is 6.51. The van der Waals surface area contributed by atoms with Gasteiger partial charge < -0.3 is 20.1 Å². The lowest BCUT2D eigenvalue weighted by Gasteiger charge is -2.16. The number of aliphatic imine (C=N–C) groups is 1. The van der Waals surface area contributed by atoms with Gasteiger partial charge in [0.1, 0.15) is 0 Å². The summed E-state index contributed by atoms with van der Waals surface area (Å²) in [6.07, 6.45) is 3.20. The normalized spacial score (nSPS) is 14.1. The lowest BCUT2D eigenvalue weighted by molar-refractivity contribution is -0.117. The van der Waals surface area contributed by atoms with Crippen molar-refractivity contribution in [1.82, 2.24) is 20.8 Å². The largest absolute Gasteiger partial charge is 0.356 e. The van der Waals surface area contributed by atoms with Crippen molar-refractivity contribution in [3.63, 3.8) is 0 Å². The molecule has 1 aromatic heterocycles. The van der Waals surface area contributed by atoms with Gasteiger partial charge in [-0.05, 0) is 37.5 Å². The van der Waals surface area contributed by atoms with Gasteiger partial charge >= 0.3 is 0 Å².